The molecule has 0 aliphatic carbocycles. The van der Waals surface area contributed by atoms with Crippen molar-refractivity contribution in [1.82, 2.24) is 20.6 Å². The molecule has 2 heterocycles. The van der Waals surface area contributed by atoms with Gasteiger partial charge in [-0.2, -0.15) is 4.98 Å². The number of carbonyl (C=O) groups excluding carboxylic acids is 1. The van der Waals surface area contributed by atoms with Crippen LogP contribution in [0.1, 0.15) is 42.7 Å². The average Bonchev–Trinajstić information content (AvgIpc) is 3.46. The van der Waals surface area contributed by atoms with E-state index in [1.165, 1.54) is 6.07 Å². The summed E-state index contributed by atoms with van der Waals surface area (Å²) in [5, 5.41) is 31.5. The summed E-state index contributed by atoms with van der Waals surface area (Å²) in [7, 11) is 1.57. The first-order valence-electron chi connectivity index (χ1n) is 10.7. The third-order valence-corrected chi connectivity index (χ3v) is 5.24. The third kappa shape index (κ3) is 4.17. The fraction of sp³-hybridized carbons (Fsp3) is 0.250. The topological polar surface area (TPSA) is 144 Å². The van der Waals surface area contributed by atoms with Crippen LogP contribution in [0.15, 0.2) is 45.4 Å². The van der Waals surface area contributed by atoms with E-state index in [9.17, 15) is 15.0 Å². The van der Waals surface area contributed by atoms with Crippen molar-refractivity contribution in [2.24, 2.45) is 0 Å². The maximum absolute atomic E-state index is 12.7. The van der Waals surface area contributed by atoms with Gasteiger partial charge >= 0.3 is 0 Å². The van der Waals surface area contributed by atoms with E-state index in [0.717, 1.165) is 0 Å². The Bertz CT molecular complexity index is 1320. The number of benzene rings is 2. The first kappa shape index (κ1) is 22.8. The Morgan fingerprint density at radius 1 is 1.09 bits per heavy atom. The number of nitrogens with zero attached hydrogens (tertiary/aromatic N) is 3. The van der Waals surface area contributed by atoms with Crippen LogP contribution in [0.3, 0.4) is 0 Å². The predicted octanol–water partition coefficient (Wildman–Crippen LogP) is 4.35. The lowest BCUT2D eigenvalue weighted by Gasteiger charge is -2.11. The van der Waals surface area contributed by atoms with Gasteiger partial charge in [-0.1, -0.05) is 24.2 Å². The van der Waals surface area contributed by atoms with Crippen LogP contribution in [0, 0.1) is 0 Å². The molecule has 3 N–H and O–H groups in total. The molecule has 0 aliphatic heterocycles. The number of phenols is 2. The van der Waals surface area contributed by atoms with E-state index in [1.54, 1.807) is 44.4 Å². The largest absolute Gasteiger partial charge is 0.508 e. The zero-order valence-corrected chi connectivity index (χ0v) is 19.1. The molecule has 0 spiro atoms. The number of rotatable bonds is 7. The third-order valence-electron chi connectivity index (χ3n) is 5.24. The van der Waals surface area contributed by atoms with Crippen LogP contribution >= 0.6 is 0 Å². The van der Waals surface area contributed by atoms with Crippen molar-refractivity contribution in [3.05, 3.63) is 47.7 Å². The van der Waals surface area contributed by atoms with Crippen molar-refractivity contribution >= 4 is 5.91 Å². The summed E-state index contributed by atoms with van der Waals surface area (Å²) in [5.74, 6) is 0.176. The maximum atomic E-state index is 12.7. The monoisotopic (exact) mass is 464 g/mol. The first-order chi connectivity index (χ1) is 16.3. The summed E-state index contributed by atoms with van der Waals surface area (Å²) in [4.78, 5) is 17.2. The molecule has 2 aromatic heterocycles. The highest BCUT2D eigenvalue weighted by Gasteiger charge is 2.30. The highest BCUT2D eigenvalue weighted by molar-refractivity contribution is 6.01. The minimum Gasteiger partial charge on any atom is -0.508 e. The molecule has 0 saturated heterocycles. The maximum Gasteiger partial charge on any atom is 0.274 e. The number of methoxy groups -OCH3 is 1. The van der Waals surface area contributed by atoms with E-state index >= 15 is 0 Å². The fourth-order valence-electron chi connectivity index (χ4n) is 3.49. The van der Waals surface area contributed by atoms with Crippen LogP contribution in [0.25, 0.3) is 34.2 Å². The van der Waals surface area contributed by atoms with Crippen LogP contribution in [-0.4, -0.2) is 45.1 Å². The molecule has 10 heteroatoms. The van der Waals surface area contributed by atoms with Gasteiger partial charge in [0, 0.05) is 18.2 Å². The van der Waals surface area contributed by atoms with Gasteiger partial charge in [0.15, 0.2) is 11.5 Å². The molecule has 0 atom stereocenters. The molecule has 0 bridgehead atoms. The predicted molar refractivity (Wildman–Crippen MR) is 123 cm³/mol. The fourth-order valence-corrected chi connectivity index (χ4v) is 3.49. The second-order valence-corrected chi connectivity index (χ2v) is 7.83. The normalized spacial score (nSPS) is 11.1. The summed E-state index contributed by atoms with van der Waals surface area (Å²) >= 11 is 0. The lowest BCUT2D eigenvalue weighted by atomic mass is 9.96. The molecule has 0 saturated carbocycles. The van der Waals surface area contributed by atoms with Gasteiger partial charge in [0.05, 0.1) is 12.7 Å². The molecular weight excluding hydrogens is 440 g/mol. The molecule has 4 aromatic rings. The summed E-state index contributed by atoms with van der Waals surface area (Å²) in [6, 6.07) is 9.84. The molecule has 4 rings (SSSR count). The first-order valence-corrected chi connectivity index (χ1v) is 10.7. The van der Waals surface area contributed by atoms with Crippen molar-refractivity contribution in [2.75, 3.05) is 13.7 Å². The summed E-state index contributed by atoms with van der Waals surface area (Å²) in [6.07, 6.45) is 0. The number of ether oxygens (including phenoxy) is 1. The Kier molecular flexibility index (Phi) is 6.22. The molecule has 10 nitrogen and oxygen atoms in total. The van der Waals surface area contributed by atoms with Crippen molar-refractivity contribution in [2.45, 2.75) is 26.7 Å². The Morgan fingerprint density at radius 3 is 2.47 bits per heavy atom. The second kappa shape index (κ2) is 9.26. The highest BCUT2D eigenvalue weighted by Crippen LogP contribution is 2.42. The standard InChI is InChI=1S/C24H24N4O6/c1-5-25-23(31)20-19(22-26-24(34-28-22)13-6-8-14(32-4)9-7-13)21(33-27-20)16-10-15(12(2)3)17(29)11-18(16)30/h6-12,29-30H,5H2,1-4H3,(H,25,31). The minimum absolute atomic E-state index is 0.0413. The van der Waals surface area contributed by atoms with E-state index in [4.69, 9.17) is 13.8 Å². The summed E-state index contributed by atoms with van der Waals surface area (Å²) in [6.45, 7) is 5.94. The zero-order valence-electron chi connectivity index (χ0n) is 19.1. The number of aromatic nitrogens is 3. The van der Waals surface area contributed by atoms with E-state index in [0.29, 0.717) is 23.4 Å². The van der Waals surface area contributed by atoms with Crippen LogP contribution in [0.4, 0.5) is 0 Å². The number of aromatic hydroxyl groups is 2. The molecule has 0 unspecified atom stereocenters. The number of nitrogens with one attached hydrogen (secondary N) is 1. The molecule has 0 aliphatic rings. The molecule has 34 heavy (non-hydrogen) atoms. The number of phenolic OH excluding ortho intramolecular Hbond substituents is 2. The van der Waals surface area contributed by atoms with Gasteiger partial charge in [0.1, 0.15) is 22.8 Å². The lowest BCUT2D eigenvalue weighted by Crippen LogP contribution is -2.23. The van der Waals surface area contributed by atoms with E-state index < -0.39 is 5.91 Å². The smallest absolute Gasteiger partial charge is 0.274 e. The minimum atomic E-state index is -0.495. The van der Waals surface area contributed by atoms with Crippen molar-refractivity contribution < 1.29 is 28.8 Å². The quantitative estimate of drug-likeness (QED) is 0.363. The average molecular weight is 464 g/mol. The second-order valence-electron chi connectivity index (χ2n) is 7.83. The van der Waals surface area contributed by atoms with E-state index in [-0.39, 0.29) is 51.7 Å². The van der Waals surface area contributed by atoms with Crippen LogP contribution in [-0.2, 0) is 0 Å². The molecule has 1 amide bonds. The van der Waals surface area contributed by atoms with E-state index in [2.05, 4.69) is 20.6 Å². The Balaban J connectivity index is 1.87. The van der Waals surface area contributed by atoms with Crippen molar-refractivity contribution in [1.29, 1.82) is 0 Å². The molecule has 2 aromatic carbocycles. The van der Waals surface area contributed by atoms with Crippen molar-refractivity contribution in [3.8, 4) is 51.4 Å². The Hall–Kier alpha value is -4.34. The highest BCUT2D eigenvalue weighted by atomic mass is 16.5. The number of hydrogen-bond acceptors (Lipinski definition) is 9. The number of carbonyl (C=O) groups is 1. The molecular formula is C24H24N4O6. The van der Waals surface area contributed by atoms with Crippen LogP contribution in [0.2, 0.25) is 0 Å². The van der Waals surface area contributed by atoms with Gasteiger partial charge in [-0.25, -0.2) is 0 Å². The molecule has 0 radical (unpaired) electrons. The van der Waals surface area contributed by atoms with Crippen LogP contribution in [0.5, 0.6) is 17.2 Å². The summed E-state index contributed by atoms with van der Waals surface area (Å²) < 4.78 is 16.1. The van der Waals surface area contributed by atoms with Gasteiger partial charge in [0.2, 0.25) is 5.82 Å². The van der Waals surface area contributed by atoms with Gasteiger partial charge in [-0.05, 0) is 48.7 Å². The number of hydrogen-bond donors (Lipinski definition) is 3. The van der Waals surface area contributed by atoms with Gasteiger partial charge < -0.3 is 29.3 Å². The molecule has 0 fully saturated rings. The van der Waals surface area contributed by atoms with Gasteiger partial charge in [-0.15, -0.1) is 0 Å². The molecule has 176 valence electrons. The van der Waals surface area contributed by atoms with Gasteiger partial charge in [0.25, 0.3) is 11.8 Å². The lowest BCUT2D eigenvalue weighted by molar-refractivity contribution is 0.0947. The van der Waals surface area contributed by atoms with Crippen LogP contribution < -0.4 is 10.1 Å². The zero-order chi connectivity index (χ0) is 24.4. The SMILES string of the molecule is CCNC(=O)c1noc(-c2cc(C(C)C)c(O)cc2O)c1-c1noc(-c2ccc(OC)cc2)n1. The number of amides is 1. The summed E-state index contributed by atoms with van der Waals surface area (Å²) in [5.41, 5.74) is 1.56. The Morgan fingerprint density at radius 2 is 1.82 bits per heavy atom. The van der Waals surface area contributed by atoms with Crippen molar-refractivity contribution in [3.63, 3.8) is 0 Å². The van der Waals surface area contributed by atoms with Gasteiger partial charge in [-0.3, -0.25) is 4.79 Å². The van der Waals surface area contributed by atoms with E-state index in [1.807, 2.05) is 13.8 Å². The Labute approximate surface area is 195 Å².